The van der Waals surface area contributed by atoms with Crippen LogP contribution in [0.2, 0.25) is 0 Å². The van der Waals surface area contributed by atoms with E-state index < -0.39 is 0 Å². The molecule has 0 spiro atoms. The van der Waals surface area contributed by atoms with Gasteiger partial charge in [0.15, 0.2) is 0 Å². The van der Waals surface area contributed by atoms with Crippen molar-refractivity contribution >= 4 is 5.91 Å². The first kappa shape index (κ1) is 12.9. The highest BCUT2D eigenvalue weighted by atomic mass is 16.1. The second kappa shape index (κ2) is 6.39. The predicted molar refractivity (Wildman–Crippen MR) is 69.8 cm³/mol. The molecular formula is C14H26N2O. The van der Waals surface area contributed by atoms with Crippen LogP contribution in [0.4, 0.5) is 0 Å². The molecule has 2 aliphatic rings. The van der Waals surface area contributed by atoms with E-state index >= 15 is 0 Å². The van der Waals surface area contributed by atoms with Crippen molar-refractivity contribution in [3.63, 3.8) is 0 Å². The van der Waals surface area contributed by atoms with Gasteiger partial charge < -0.3 is 10.2 Å². The van der Waals surface area contributed by atoms with E-state index in [1.807, 2.05) is 0 Å². The van der Waals surface area contributed by atoms with Gasteiger partial charge in [0.1, 0.15) is 0 Å². The lowest BCUT2D eigenvalue weighted by Crippen LogP contribution is -2.41. The van der Waals surface area contributed by atoms with Gasteiger partial charge in [0.05, 0.1) is 0 Å². The van der Waals surface area contributed by atoms with Crippen LogP contribution in [0.15, 0.2) is 0 Å². The summed E-state index contributed by atoms with van der Waals surface area (Å²) in [5, 5.41) is 2.77. The minimum absolute atomic E-state index is 0.238. The molecule has 1 N–H and O–H groups in total. The minimum Gasteiger partial charge on any atom is -0.359 e. The molecule has 1 heterocycles. The molecule has 3 heteroatoms. The van der Waals surface area contributed by atoms with Crippen LogP contribution in [0.3, 0.4) is 0 Å². The zero-order chi connectivity index (χ0) is 12.1. The molecular weight excluding hydrogens is 212 g/mol. The Labute approximate surface area is 105 Å². The summed E-state index contributed by atoms with van der Waals surface area (Å²) in [6, 6.07) is 0. The summed E-state index contributed by atoms with van der Waals surface area (Å²) in [6.07, 6.45) is 9.25. The fourth-order valence-electron chi connectivity index (χ4n) is 3.32. The number of nitrogens with zero attached hydrogens (tertiary/aromatic N) is 1. The molecule has 0 atom stereocenters. The Bertz CT molecular complexity index is 241. The molecule has 2 fully saturated rings. The van der Waals surface area contributed by atoms with Gasteiger partial charge in [0.25, 0.3) is 0 Å². The average molecular weight is 238 g/mol. The lowest BCUT2D eigenvalue weighted by atomic mass is 9.88. The first-order valence-corrected chi connectivity index (χ1v) is 7.23. The number of carbonyl (C=O) groups excluding carboxylic acids is 1. The maximum absolute atomic E-state index is 11.5. The Hall–Kier alpha value is -0.570. The lowest BCUT2D eigenvalue weighted by Gasteiger charge is -2.34. The maximum Gasteiger partial charge on any atom is 0.222 e. The van der Waals surface area contributed by atoms with Gasteiger partial charge in [0.2, 0.25) is 5.91 Å². The summed E-state index contributed by atoms with van der Waals surface area (Å²) in [7, 11) is 1.75. The summed E-state index contributed by atoms with van der Waals surface area (Å²) < 4.78 is 0. The quantitative estimate of drug-likeness (QED) is 0.816. The van der Waals surface area contributed by atoms with Crippen LogP contribution >= 0.6 is 0 Å². The molecule has 1 saturated heterocycles. The van der Waals surface area contributed by atoms with Gasteiger partial charge >= 0.3 is 0 Å². The molecule has 1 amide bonds. The van der Waals surface area contributed by atoms with Gasteiger partial charge in [-0.25, -0.2) is 0 Å². The van der Waals surface area contributed by atoms with Crippen molar-refractivity contribution in [2.24, 2.45) is 11.8 Å². The van der Waals surface area contributed by atoms with Gasteiger partial charge in [0, 0.05) is 19.5 Å². The molecule has 0 aromatic carbocycles. The summed E-state index contributed by atoms with van der Waals surface area (Å²) in [4.78, 5) is 14.1. The molecule has 17 heavy (non-hydrogen) atoms. The van der Waals surface area contributed by atoms with E-state index in [0.717, 1.165) is 31.8 Å². The highest BCUT2D eigenvalue weighted by Crippen LogP contribution is 2.26. The Morgan fingerprint density at radius 1 is 1.12 bits per heavy atom. The third kappa shape index (κ3) is 3.70. The Morgan fingerprint density at radius 3 is 2.35 bits per heavy atom. The van der Waals surface area contributed by atoms with E-state index in [1.165, 1.54) is 38.6 Å². The van der Waals surface area contributed by atoms with Crippen molar-refractivity contribution in [3.05, 3.63) is 0 Å². The molecule has 0 radical (unpaired) electrons. The van der Waals surface area contributed by atoms with Gasteiger partial charge in [-0.3, -0.25) is 4.79 Å². The number of nitrogens with one attached hydrogen (secondary N) is 1. The van der Waals surface area contributed by atoms with E-state index in [1.54, 1.807) is 7.05 Å². The number of likely N-dealkylation sites (tertiary alicyclic amines) is 1. The summed E-state index contributed by atoms with van der Waals surface area (Å²) in [5.41, 5.74) is 0. The zero-order valence-corrected chi connectivity index (χ0v) is 11.1. The van der Waals surface area contributed by atoms with Crippen LogP contribution in [0, 0.1) is 11.8 Å². The van der Waals surface area contributed by atoms with Crippen molar-refractivity contribution in [2.45, 2.75) is 44.9 Å². The lowest BCUT2D eigenvalue weighted by molar-refractivity contribution is -0.125. The van der Waals surface area contributed by atoms with Crippen molar-refractivity contribution < 1.29 is 4.79 Å². The van der Waals surface area contributed by atoms with Crippen LogP contribution in [0.25, 0.3) is 0 Å². The molecule has 1 aliphatic carbocycles. The molecule has 2 rings (SSSR count). The van der Waals surface area contributed by atoms with Crippen LogP contribution < -0.4 is 5.32 Å². The number of carbonyl (C=O) groups is 1. The minimum atomic E-state index is 0.238. The third-order valence-electron chi connectivity index (χ3n) is 4.45. The first-order valence-electron chi connectivity index (χ1n) is 7.23. The van der Waals surface area contributed by atoms with Crippen LogP contribution in [0.1, 0.15) is 44.9 Å². The SMILES string of the molecule is CNC(=O)C1CCN(CC2CCCCC2)CC1. The topological polar surface area (TPSA) is 32.3 Å². The van der Waals surface area contributed by atoms with Gasteiger partial charge in [-0.15, -0.1) is 0 Å². The second-order valence-electron chi connectivity index (χ2n) is 5.69. The molecule has 1 saturated carbocycles. The number of amides is 1. The second-order valence-corrected chi connectivity index (χ2v) is 5.69. The van der Waals surface area contributed by atoms with Gasteiger partial charge in [-0.05, 0) is 44.7 Å². The largest absolute Gasteiger partial charge is 0.359 e. The summed E-state index contributed by atoms with van der Waals surface area (Å²) in [6.45, 7) is 3.52. The van der Waals surface area contributed by atoms with Crippen LogP contribution in [-0.4, -0.2) is 37.5 Å². The van der Waals surface area contributed by atoms with E-state index in [9.17, 15) is 4.79 Å². The zero-order valence-electron chi connectivity index (χ0n) is 11.1. The van der Waals surface area contributed by atoms with Gasteiger partial charge in [-0.1, -0.05) is 19.3 Å². The molecule has 1 aliphatic heterocycles. The van der Waals surface area contributed by atoms with Gasteiger partial charge in [-0.2, -0.15) is 0 Å². The highest BCUT2D eigenvalue weighted by Gasteiger charge is 2.25. The number of piperidine rings is 1. The predicted octanol–water partition coefficient (Wildman–Crippen LogP) is 2.02. The number of rotatable bonds is 3. The molecule has 98 valence electrons. The first-order chi connectivity index (χ1) is 8.29. The highest BCUT2D eigenvalue weighted by molar-refractivity contribution is 5.78. The maximum atomic E-state index is 11.5. The average Bonchev–Trinajstić information content (AvgIpc) is 2.40. The number of hydrogen-bond acceptors (Lipinski definition) is 2. The molecule has 0 bridgehead atoms. The normalized spacial score (nSPS) is 24.8. The van der Waals surface area contributed by atoms with Crippen molar-refractivity contribution in [1.82, 2.24) is 10.2 Å². The van der Waals surface area contributed by atoms with E-state index in [-0.39, 0.29) is 11.8 Å². The number of hydrogen-bond donors (Lipinski definition) is 1. The van der Waals surface area contributed by atoms with Crippen molar-refractivity contribution in [2.75, 3.05) is 26.7 Å². The third-order valence-corrected chi connectivity index (χ3v) is 4.45. The molecule has 0 unspecified atom stereocenters. The van der Waals surface area contributed by atoms with E-state index in [4.69, 9.17) is 0 Å². The van der Waals surface area contributed by atoms with E-state index in [2.05, 4.69) is 10.2 Å². The van der Waals surface area contributed by atoms with Crippen LogP contribution in [0.5, 0.6) is 0 Å². The Balaban J connectivity index is 1.69. The van der Waals surface area contributed by atoms with Crippen molar-refractivity contribution in [1.29, 1.82) is 0 Å². The smallest absolute Gasteiger partial charge is 0.222 e. The monoisotopic (exact) mass is 238 g/mol. The van der Waals surface area contributed by atoms with Crippen LogP contribution in [-0.2, 0) is 4.79 Å². The van der Waals surface area contributed by atoms with Crippen molar-refractivity contribution in [3.8, 4) is 0 Å². The fourth-order valence-corrected chi connectivity index (χ4v) is 3.32. The molecule has 0 aromatic rings. The molecule has 0 aromatic heterocycles. The fraction of sp³-hybridized carbons (Fsp3) is 0.929. The molecule has 3 nitrogen and oxygen atoms in total. The Morgan fingerprint density at radius 2 is 1.76 bits per heavy atom. The standard InChI is InChI=1S/C14H26N2O/c1-15-14(17)13-7-9-16(10-8-13)11-12-5-3-2-4-6-12/h12-13H,2-11H2,1H3,(H,15,17). The Kier molecular flexibility index (Phi) is 4.84. The summed E-state index contributed by atoms with van der Waals surface area (Å²) >= 11 is 0. The van der Waals surface area contributed by atoms with E-state index in [0.29, 0.717) is 0 Å². The summed E-state index contributed by atoms with van der Waals surface area (Å²) in [5.74, 6) is 1.44.